The Hall–Kier alpha value is -3.25. The van der Waals surface area contributed by atoms with Crippen LogP contribution >= 0.6 is 11.8 Å². The van der Waals surface area contributed by atoms with Crippen LogP contribution in [-0.4, -0.2) is 18.4 Å². The fourth-order valence-corrected chi connectivity index (χ4v) is 3.59. The SMILES string of the molecule is Cc1ccc(Sc2ccc(NC(=O)COc3ccc(C(N)=O)cc3)cc2)c(C)c1. The van der Waals surface area contributed by atoms with Crippen LogP contribution in [0.1, 0.15) is 21.5 Å². The van der Waals surface area contributed by atoms with Crippen molar-refractivity contribution in [1.82, 2.24) is 0 Å². The lowest BCUT2D eigenvalue weighted by Gasteiger charge is -2.09. The van der Waals surface area contributed by atoms with E-state index >= 15 is 0 Å². The summed E-state index contributed by atoms with van der Waals surface area (Å²) in [5.74, 6) is -0.280. The lowest BCUT2D eigenvalue weighted by Crippen LogP contribution is -2.20. The van der Waals surface area contributed by atoms with E-state index in [1.165, 1.54) is 16.0 Å². The summed E-state index contributed by atoms with van der Waals surface area (Å²) in [5, 5.41) is 2.80. The number of ether oxygens (including phenoxy) is 1. The molecule has 29 heavy (non-hydrogen) atoms. The normalized spacial score (nSPS) is 10.4. The van der Waals surface area contributed by atoms with Crippen molar-refractivity contribution in [2.75, 3.05) is 11.9 Å². The van der Waals surface area contributed by atoms with E-state index in [9.17, 15) is 9.59 Å². The molecule has 3 aromatic carbocycles. The van der Waals surface area contributed by atoms with Crippen LogP contribution in [0.3, 0.4) is 0 Å². The van der Waals surface area contributed by atoms with Gasteiger partial charge >= 0.3 is 0 Å². The molecule has 3 N–H and O–H groups in total. The molecule has 3 rings (SSSR count). The van der Waals surface area contributed by atoms with Gasteiger partial charge in [0.2, 0.25) is 5.91 Å². The largest absolute Gasteiger partial charge is 0.484 e. The first-order valence-electron chi connectivity index (χ1n) is 9.08. The maximum absolute atomic E-state index is 12.1. The van der Waals surface area contributed by atoms with Crippen LogP contribution in [0.5, 0.6) is 5.75 Å². The number of carbonyl (C=O) groups excluding carboxylic acids is 2. The summed E-state index contributed by atoms with van der Waals surface area (Å²) in [7, 11) is 0. The van der Waals surface area contributed by atoms with Gasteiger partial charge in [-0.05, 0) is 74.0 Å². The quantitative estimate of drug-likeness (QED) is 0.602. The summed E-state index contributed by atoms with van der Waals surface area (Å²) in [6.45, 7) is 4.05. The number of benzene rings is 3. The zero-order chi connectivity index (χ0) is 20.8. The minimum absolute atomic E-state index is 0.130. The van der Waals surface area contributed by atoms with E-state index in [1.54, 1.807) is 36.0 Å². The van der Waals surface area contributed by atoms with E-state index in [-0.39, 0.29) is 12.5 Å². The van der Waals surface area contributed by atoms with Gasteiger partial charge in [0.1, 0.15) is 5.75 Å². The van der Waals surface area contributed by atoms with Crippen LogP contribution in [0.15, 0.2) is 76.5 Å². The summed E-state index contributed by atoms with van der Waals surface area (Å²) in [5.41, 5.74) is 8.77. The molecule has 0 saturated carbocycles. The molecule has 148 valence electrons. The maximum Gasteiger partial charge on any atom is 0.262 e. The predicted molar refractivity (Wildman–Crippen MR) is 116 cm³/mol. The van der Waals surface area contributed by atoms with E-state index in [1.807, 2.05) is 24.3 Å². The second-order valence-corrected chi connectivity index (χ2v) is 7.74. The Balaban J connectivity index is 1.52. The number of aryl methyl sites for hydroxylation is 2. The molecule has 0 unspecified atom stereocenters. The van der Waals surface area contributed by atoms with Crippen LogP contribution in [0.2, 0.25) is 0 Å². The second kappa shape index (κ2) is 9.30. The van der Waals surface area contributed by atoms with E-state index in [0.29, 0.717) is 17.0 Å². The minimum Gasteiger partial charge on any atom is -0.484 e. The molecule has 3 aromatic rings. The summed E-state index contributed by atoms with van der Waals surface area (Å²) in [6, 6.07) is 20.4. The van der Waals surface area contributed by atoms with E-state index < -0.39 is 5.91 Å². The van der Waals surface area contributed by atoms with Gasteiger partial charge in [0.25, 0.3) is 5.91 Å². The summed E-state index contributed by atoms with van der Waals surface area (Å²) >= 11 is 1.69. The molecule has 6 heteroatoms. The fourth-order valence-electron chi connectivity index (χ4n) is 2.71. The Kier molecular flexibility index (Phi) is 6.57. The molecule has 5 nitrogen and oxygen atoms in total. The van der Waals surface area contributed by atoms with Gasteiger partial charge in [-0.25, -0.2) is 0 Å². The van der Waals surface area contributed by atoms with Gasteiger partial charge < -0.3 is 15.8 Å². The van der Waals surface area contributed by atoms with Crippen molar-refractivity contribution < 1.29 is 14.3 Å². The summed E-state index contributed by atoms with van der Waals surface area (Å²) < 4.78 is 5.43. The van der Waals surface area contributed by atoms with E-state index in [0.717, 1.165) is 4.90 Å². The lowest BCUT2D eigenvalue weighted by atomic mass is 10.2. The first kappa shape index (κ1) is 20.5. The predicted octanol–water partition coefficient (Wildman–Crippen LogP) is 4.57. The third kappa shape index (κ3) is 5.86. The maximum atomic E-state index is 12.1. The number of carbonyl (C=O) groups is 2. The van der Waals surface area contributed by atoms with Gasteiger partial charge in [-0.3, -0.25) is 9.59 Å². The highest BCUT2D eigenvalue weighted by Crippen LogP contribution is 2.31. The molecule has 0 aliphatic heterocycles. The molecule has 0 heterocycles. The molecular formula is C23H22N2O3S. The van der Waals surface area contributed by atoms with Crippen molar-refractivity contribution in [3.8, 4) is 5.75 Å². The zero-order valence-corrected chi connectivity index (χ0v) is 17.1. The van der Waals surface area contributed by atoms with Gasteiger partial charge in [-0.2, -0.15) is 0 Å². The third-order valence-electron chi connectivity index (χ3n) is 4.21. The Labute approximate surface area is 174 Å². The molecule has 0 bridgehead atoms. The topological polar surface area (TPSA) is 81.4 Å². The number of nitrogens with two attached hydrogens (primary N) is 1. The fraction of sp³-hybridized carbons (Fsp3) is 0.130. The number of anilines is 1. The van der Waals surface area contributed by atoms with Crippen molar-refractivity contribution in [2.24, 2.45) is 5.73 Å². The Morgan fingerprint density at radius 2 is 1.66 bits per heavy atom. The molecule has 0 aliphatic carbocycles. The van der Waals surface area contributed by atoms with Crippen molar-refractivity contribution >= 4 is 29.3 Å². The Morgan fingerprint density at radius 3 is 2.28 bits per heavy atom. The van der Waals surface area contributed by atoms with Gasteiger partial charge in [-0.1, -0.05) is 29.5 Å². The summed E-state index contributed by atoms with van der Waals surface area (Å²) in [6.07, 6.45) is 0. The third-order valence-corrected chi connectivity index (χ3v) is 5.39. The number of nitrogens with one attached hydrogen (secondary N) is 1. The molecule has 0 aromatic heterocycles. The first-order chi connectivity index (χ1) is 13.9. The molecule has 0 radical (unpaired) electrons. The molecule has 0 fully saturated rings. The van der Waals surface area contributed by atoms with Crippen LogP contribution in [-0.2, 0) is 4.79 Å². The summed E-state index contributed by atoms with van der Waals surface area (Å²) in [4.78, 5) is 25.5. The second-order valence-electron chi connectivity index (χ2n) is 6.62. The molecule has 0 saturated heterocycles. The van der Waals surface area contributed by atoms with E-state index in [2.05, 4.69) is 37.4 Å². The number of amides is 2. The number of hydrogen-bond acceptors (Lipinski definition) is 4. The molecule has 2 amide bonds. The van der Waals surface area contributed by atoms with Gasteiger partial charge in [-0.15, -0.1) is 0 Å². The molecule has 0 aliphatic rings. The Morgan fingerprint density at radius 1 is 0.966 bits per heavy atom. The highest BCUT2D eigenvalue weighted by molar-refractivity contribution is 7.99. The van der Waals surface area contributed by atoms with Gasteiger partial charge in [0.15, 0.2) is 6.61 Å². The van der Waals surface area contributed by atoms with Crippen molar-refractivity contribution in [2.45, 2.75) is 23.6 Å². The van der Waals surface area contributed by atoms with E-state index in [4.69, 9.17) is 10.5 Å². The molecular weight excluding hydrogens is 384 g/mol. The smallest absolute Gasteiger partial charge is 0.262 e. The van der Waals surface area contributed by atoms with Crippen molar-refractivity contribution in [3.05, 3.63) is 83.4 Å². The zero-order valence-electron chi connectivity index (χ0n) is 16.3. The first-order valence-corrected chi connectivity index (χ1v) is 9.90. The minimum atomic E-state index is -0.506. The molecule has 0 spiro atoms. The van der Waals surface area contributed by atoms with Crippen LogP contribution in [0, 0.1) is 13.8 Å². The van der Waals surface area contributed by atoms with Crippen molar-refractivity contribution in [3.63, 3.8) is 0 Å². The van der Waals surface area contributed by atoms with Crippen LogP contribution < -0.4 is 15.8 Å². The van der Waals surface area contributed by atoms with Crippen LogP contribution in [0.25, 0.3) is 0 Å². The molecule has 0 atom stereocenters. The number of primary amides is 1. The highest BCUT2D eigenvalue weighted by atomic mass is 32.2. The standard InChI is InChI=1S/C23H22N2O3S/c1-15-3-12-21(16(2)13-15)29-20-10-6-18(7-11-20)25-22(26)14-28-19-8-4-17(5-9-19)23(24)27/h3-13H,14H2,1-2H3,(H2,24,27)(H,25,26). The average Bonchev–Trinajstić information content (AvgIpc) is 2.70. The van der Waals surface area contributed by atoms with Crippen LogP contribution in [0.4, 0.5) is 5.69 Å². The lowest BCUT2D eigenvalue weighted by molar-refractivity contribution is -0.118. The highest BCUT2D eigenvalue weighted by Gasteiger charge is 2.06. The van der Waals surface area contributed by atoms with Gasteiger partial charge in [0, 0.05) is 21.0 Å². The monoisotopic (exact) mass is 406 g/mol. The number of rotatable bonds is 7. The van der Waals surface area contributed by atoms with Gasteiger partial charge in [0.05, 0.1) is 0 Å². The average molecular weight is 407 g/mol. The Bertz CT molecular complexity index is 1020. The van der Waals surface area contributed by atoms with Crippen molar-refractivity contribution in [1.29, 1.82) is 0 Å². The number of hydrogen-bond donors (Lipinski definition) is 2.